The van der Waals surface area contributed by atoms with Crippen molar-refractivity contribution in [3.63, 3.8) is 0 Å². The molecule has 4 saturated heterocycles. The maximum atomic E-state index is 13.0. The fourth-order valence-electron chi connectivity index (χ4n) is 7.47. The van der Waals surface area contributed by atoms with Crippen LogP contribution in [-0.2, 0) is 19.1 Å². The van der Waals surface area contributed by atoms with Gasteiger partial charge in [-0.05, 0) is 56.3 Å². The van der Waals surface area contributed by atoms with Crippen molar-refractivity contribution >= 4 is 11.9 Å². The van der Waals surface area contributed by atoms with Crippen molar-refractivity contribution in [2.24, 2.45) is 29.6 Å². The quantitative estimate of drug-likeness (QED) is 0.643. The molecule has 0 aromatic heterocycles. The molecule has 7 nitrogen and oxygen atoms in total. The molecule has 1 amide bonds. The largest absolute Gasteiger partial charge is 0.462 e. The Morgan fingerprint density at radius 1 is 1.00 bits per heavy atom. The van der Waals surface area contributed by atoms with Crippen LogP contribution in [0.15, 0.2) is 0 Å². The normalized spacial score (nSPS) is 44.2. The van der Waals surface area contributed by atoms with Crippen LogP contribution in [0.3, 0.4) is 0 Å². The van der Waals surface area contributed by atoms with E-state index in [9.17, 15) is 9.59 Å². The van der Waals surface area contributed by atoms with Crippen LogP contribution in [0.4, 0.5) is 0 Å². The minimum Gasteiger partial charge on any atom is -0.462 e. The van der Waals surface area contributed by atoms with Crippen LogP contribution >= 0.6 is 0 Å². The number of amides is 1. The molecular weight excluding hydrogens is 418 g/mol. The molecule has 4 aliphatic heterocycles. The van der Waals surface area contributed by atoms with Gasteiger partial charge in [0.15, 0.2) is 0 Å². The van der Waals surface area contributed by atoms with Crippen LogP contribution in [0, 0.1) is 29.6 Å². The van der Waals surface area contributed by atoms with Crippen LogP contribution in [0.1, 0.15) is 65.7 Å². The van der Waals surface area contributed by atoms with E-state index in [1.165, 1.54) is 25.8 Å². The number of ether oxygens (including phenoxy) is 2. The second kappa shape index (κ2) is 9.82. The minimum atomic E-state index is -0.153. The van der Waals surface area contributed by atoms with Gasteiger partial charge in [-0.2, -0.15) is 0 Å². The first-order chi connectivity index (χ1) is 15.9. The molecule has 9 atom stereocenters. The summed E-state index contributed by atoms with van der Waals surface area (Å²) in [6.07, 6.45) is 8.04. The number of piperazine rings is 1. The fraction of sp³-hybridized carbons (Fsp3) is 0.923. The van der Waals surface area contributed by atoms with E-state index in [-0.39, 0.29) is 42.0 Å². The summed E-state index contributed by atoms with van der Waals surface area (Å²) in [5, 5.41) is 2.47. The topological polar surface area (TPSA) is 75.7 Å². The van der Waals surface area contributed by atoms with E-state index in [0.29, 0.717) is 36.8 Å². The van der Waals surface area contributed by atoms with Gasteiger partial charge in [-0.3, -0.25) is 14.5 Å². The van der Waals surface area contributed by atoms with Crippen LogP contribution < -0.4 is 5.32 Å². The first-order valence-corrected chi connectivity index (χ1v) is 13.6. The molecule has 4 heterocycles. The van der Waals surface area contributed by atoms with Crippen molar-refractivity contribution in [2.75, 3.05) is 32.7 Å². The molecule has 5 aliphatic rings. The van der Waals surface area contributed by atoms with Crippen molar-refractivity contribution in [1.82, 2.24) is 9.80 Å². The summed E-state index contributed by atoms with van der Waals surface area (Å²) < 4.78 is 12.1. The van der Waals surface area contributed by atoms with Crippen LogP contribution in [0.2, 0.25) is 0 Å². The summed E-state index contributed by atoms with van der Waals surface area (Å²) >= 11 is 0. The Bertz CT molecular complexity index is 718. The lowest BCUT2D eigenvalue weighted by molar-refractivity contribution is -0.717. The number of rotatable bonds is 4. The summed E-state index contributed by atoms with van der Waals surface area (Å²) in [6, 6.07) is 0. The number of esters is 1. The number of piperidine rings is 1. The Labute approximate surface area is 198 Å². The Balaban J connectivity index is 1.12. The number of nitrogens with two attached hydrogens (primary N) is 1. The Hall–Kier alpha value is -1.18. The van der Waals surface area contributed by atoms with E-state index in [2.05, 4.69) is 31.0 Å². The average Bonchev–Trinajstić information content (AvgIpc) is 3.11. The highest BCUT2D eigenvalue weighted by atomic mass is 16.6. The van der Waals surface area contributed by atoms with Gasteiger partial charge in [-0.15, -0.1) is 0 Å². The number of hydrogen-bond acceptors (Lipinski definition) is 5. The predicted molar refractivity (Wildman–Crippen MR) is 124 cm³/mol. The molecule has 33 heavy (non-hydrogen) atoms. The molecule has 0 spiro atoms. The van der Waals surface area contributed by atoms with Gasteiger partial charge >= 0.3 is 5.97 Å². The molecule has 5 rings (SSSR count). The standard InChI is InChI=1S/C26H43N3O4/c1-16-18(3)32-22-15-23-21(14-20(16)22)17(2)19(26(31)33-23)7-8-25(30)29-12-10-28(11-13-29)24-6-4-5-9-27-24/h16-24,27H,4-15H2,1-3H3/p+1. The van der Waals surface area contributed by atoms with Crippen molar-refractivity contribution in [3.05, 3.63) is 0 Å². The molecule has 1 aliphatic carbocycles. The van der Waals surface area contributed by atoms with Gasteiger partial charge < -0.3 is 19.7 Å². The van der Waals surface area contributed by atoms with Gasteiger partial charge in [0.2, 0.25) is 5.91 Å². The SMILES string of the molecule is CC1OC2CC3OC(=O)C(CCC(=O)N4CCN(C5CCCC[NH2+]5)CC4)C(C)C3CC2C1C. The molecule has 2 N–H and O–H groups in total. The summed E-state index contributed by atoms with van der Waals surface area (Å²) in [5.41, 5.74) is 0. The van der Waals surface area contributed by atoms with Gasteiger partial charge in [0, 0.05) is 45.4 Å². The number of carbonyl (C=O) groups is 2. The molecule has 0 aromatic carbocycles. The number of quaternary nitrogens is 1. The van der Waals surface area contributed by atoms with Crippen LogP contribution in [0.5, 0.6) is 0 Å². The second-order valence-corrected chi connectivity index (χ2v) is 11.5. The number of nitrogens with zero attached hydrogens (tertiary/aromatic N) is 2. The molecular formula is C26H44N3O4+. The van der Waals surface area contributed by atoms with E-state index in [0.717, 1.165) is 39.0 Å². The maximum absolute atomic E-state index is 13.0. The highest BCUT2D eigenvalue weighted by Crippen LogP contribution is 2.50. The highest BCUT2D eigenvalue weighted by Gasteiger charge is 2.53. The third-order valence-electron chi connectivity index (χ3n) is 9.85. The zero-order valence-electron chi connectivity index (χ0n) is 20.8. The summed E-state index contributed by atoms with van der Waals surface area (Å²) in [6.45, 7) is 11.5. The van der Waals surface area contributed by atoms with Crippen LogP contribution in [0.25, 0.3) is 0 Å². The summed E-state index contributed by atoms with van der Waals surface area (Å²) in [7, 11) is 0. The lowest BCUT2D eigenvalue weighted by atomic mass is 9.65. The van der Waals surface area contributed by atoms with Gasteiger partial charge in [-0.1, -0.05) is 13.8 Å². The molecule has 0 aromatic rings. The van der Waals surface area contributed by atoms with Gasteiger partial charge in [0.05, 0.1) is 24.7 Å². The van der Waals surface area contributed by atoms with Crippen LogP contribution in [-0.4, -0.2) is 78.9 Å². The van der Waals surface area contributed by atoms with Crippen molar-refractivity contribution < 1.29 is 24.4 Å². The zero-order valence-corrected chi connectivity index (χ0v) is 20.8. The molecule has 9 unspecified atom stereocenters. The van der Waals surface area contributed by atoms with Crippen molar-refractivity contribution in [2.45, 2.75) is 90.2 Å². The minimum absolute atomic E-state index is 0.0112. The van der Waals surface area contributed by atoms with E-state index < -0.39 is 0 Å². The van der Waals surface area contributed by atoms with Gasteiger partial charge in [-0.25, -0.2) is 0 Å². The Morgan fingerprint density at radius 3 is 2.48 bits per heavy atom. The summed E-state index contributed by atoms with van der Waals surface area (Å²) in [4.78, 5) is 30.4. The summed E-state index contributed by atoms with van der Waals surface area (Å²) in [5.74, 6) is 1.76. The zero-order chi connectivity index (χ0) is 23.1. The van der Waals surface area contributed by atoms with Crippen molar-refractivity contribution in [3.8, 4) is 0 Å². The number of hydrogen-bond donors (Lipinski definition) is 1. The first kappa shape index (κ1) is 23.6. The Kier molecular flexibility index (Phi) is 7.01. The van der Waals surface area contributed by atoms with E-state index in [1.54, 1.807) is 0 Å². The third-order valence-corrected chi connectivity index (χ3v) is 9.85. The number of carbonyl (C=O) groups excluding carboxylic acids is 2. The molecule has 0 radical (unpaired) electrons. The lowest BCUT2D eigenvalue weighted by Gasteiger charge is -2.46. The predicted octanol–water partition coefficient (Wildman–Crippen LogP) is 1.61. The Morgan fingerprint density at radius 2 is 1.76 bits per heavy atom. The molecule has 0 bridgehead atoms. The molecule has 1 saturated carbocycles. The van der Waals surface area contributed by atoms with Gasteiger partial charge in [0.25, 0.3) is 0 Å². The highest BCUT2D eigenvalue weighted by molar-refractivity contribution is 5.78. The maximum Gasteiger partial charge on any atom is 0.309 e. The monoisotopic (exact) mass is 462 g/mol. The third kappa shape index (κ3) is 4.70. The number of fused-ring (bicyclic) bond motifs is 2. The first-order valence-electron chi connectivity index (χ1n) is 13.6. The molecule has 5 fully saturated rings. The molecule has 7 heteroatoms. The smallest absolute Gasteiger partial charge is 0.309 e. The average molecular weight is 463 g/mol. The van der Waals surface area contributed by atoms with Gasteiger partial charge in [0.1, 0.15) is 12.3 Å². The van der Waals surface area contributed by atoms with E-state index >= 15 is 0 Å². The van der Waals surface area contributed by atoms with E-state index in [1.807, 2.05) is 4.90 Å². The second-order valence-electron chi connectivity index (χ2n) is 11.5. The fourth-order valence-corrected chi connectivity index (χ4v) is 7.47. The molecule has 186 valence electrons. The van der Waals surface area contributed by atoms with E-state index in [4.69, 9.17) is 9.47 Å². The van der Waals surface area contributed by atoms with Crippen molar-refractivity contribution in [1.29, 1.82) is 0 Å². The lowest BCUT2D eigenvalue weighted by Crippen LogP contribution is -2.95.